The average molecular weight is 767 g/mol. The smallest absolute Gasteiger partial charge is 0.410 e. The second kappa shape index (κ2) is 13.6. The van der Waals surface area contributed by atoms with Crippen LogP contribution in [-0.2, 0) is 16.0 Å². The molecule has 2 aliphatic heterocycles. The number of halogens is 5. The van der Waals surface area contributed by atoms with Crippen LogP contribution in [0, 0.1) is 24.7 Å². The third-order valence-electron chi connectivity index (χ3n) is 10.8. The van der Waals surface area contributed by atoms with Gasteiger partial charge < -0.3 is 20.3 Å². The van der Waals surface area contributed by atoms with E-state index in [9.17, 15) is 36.3 Å². The Morgan fingerprint density at radius 3 is 2.44 bits per heavy atom. The number of carbonyl (C=O) groups is 3. The lowest BCUT2D eigenvalue weighted by Gasteiger charge is -2.43. The summed E-state index contributed by atoms with van der Waals surface area (Å²) in [6.45, 7) is 7.27. The van der Waals surface area contributed by atoms with Gasteiger partial charge in [0, 0.05) is 51.4 Å². The van der Waals surface area contributed by atoms with E-state index in [4.69, 9.17) is 19.8 Å². The largest absolute Gasteiger partial charge is 0.444 e. The molecule has 2 N–H and O–H groups in total. The van der Waals surface area contributed by atoms with E-state index >= 15 is 0 Å². The third kappa shape index (κ3) is 7.78. The van der Waals surface area contributed by atoms with Crippen molar-refractivity contribution >= 4 is 29.5 Å². The van der Waals surface area contributed by atoms with Gasteiger partial charge in [0.2, 0.25) is 11.8 Å². The molecule has 4 aliphatic rings. The monoisotopic (exact) mass is 766 g/mol. The van der Waals surface area contributed by atoms with E-state index in [0.29, 0.717) is 25.2 Å². The molecule has 3 atom stereocenters. The number of hydrogen-bond acceptors (Lipinski definition) is 11. The van der Waals surface area contributed by atoms with Crippen LogP contribution in [0.5, 0.6) is 0 Å². The van der Waals surface area contributed by atoms with Gasteiger partial charge in [-0.15, -0.1) is 0 Å². The number of nitrogens with one attached hydrogen (secondary N) is 2. The molecule has 3 amide bonds. The molecule has 54 heavy (non-hydrogen) atoms. The van der Waals surface area contributed by atoms with Crippen molar-refractivity contribution in [3.05, 3.63) is 29.0 Å². The first-order valence-corrected chi connectivity index (χ1v) is 18.1. The van der Waals surface area contributed by atoms with E-state index in [1.807, 2.05) is 4.90 Å². The van der Waals surface area contributed by atoms with Crippen LogP contribution in [0.25, 0.3) is 5.78 Å². The van der Waals surface area contributed by atoms with Crippen molar-refractivity contribution < 1.29 is 45.7 Å². The van der Waals surface area contributed by atoms with E-state index in [-0.39, 0.29) is 73.7 Å². The molecule has 3 aromatic rings. The normalized spacial score (nSPS) is 23.7. The summed E-state index contributed by atoms with van der Waals surface area (Å²) in [5, 5.41) is 17.4. The summed E-state index contributed by atoms with van der Waals surface area (Å²) in [7, 11) is 0. The van der Waals surface area contributed by atoms with Crippen molar-refractivity contribution in [3.8, 4) is 0 Å². The van der Waals surface area contributed by atoms with Crippen LogP contribution in [0.15, 0.2) is 10.8 Å². The lowest BCUT2D eigenvalue weighted by atomic mass is 9.81. The van der Waals surface area contributed by atoms with Crippen LogP contribution in [-0.4, -0.2) is 102 Å². The number of amides is 3. The van der Waals surface area contributed by atoms with Gasteiger partial charge in [0.1, 0.15) is 17.0 Å². The Bertz CT molecular complexity index is 1910. The molecule has 1 spiro atoms. The number of aryl methyl sites for hydroxylation is 1. The minimum absolute atomic E-state index is 0.0758. The molecule has 2 saturated heterocycles. The van der Waals surface area contributed by atoms with E-state index < -0.39 is 77.9 Å². The lowest BCUT2D eigenvalue weighted by Crippen LogP contribution is -2.58. The fourth-order valence-corrected chi connectivity index (χ4v) is 7.77. The Morgan fingerprint density at radius 2 is 1.81 bits per heavy atom. The van der Waals surface area contributed by atoms with E-state index in [0.717, 1.165) is 0 Å². The fraction of sp³-hybridized carbons (Fsp3) is 0.706. The topological polar surface area (TPSA) is 173 Å². The highest BCUT2D eigenvalue weighted by Crippen LogP contribution is 2.46. The number of ether oxygens (including phenoxy) is 1. The summed E-state index contributed by atoms with van der Waals surface area (Å²) < 4.78 is 81.6. The summed E-state index contributed by atoms with van der Waals surface area (Å²) in [5.41, 5.74) is -0.582. The van der Waals surface area contributed by atoms with Crippen molar-refractivity contribution in [1.29, 1.82) is 0 Å². The number of imidazole rings is 1. The van der Waals surface area contributed by atoms with E-state index in [2.05, 4.69) is 25.6 Å². The van der Waals surface area contributed by atoms with Gasteiger partial charge >= 0.3 is 12.3 Å². The molecule has 4 fully saturated rings. The van der Waals surface area contributed by atoms with Crippen molar-refractivity contribution in [2.75, 3.05) is 31.1 Å². The number of alkyl halides is 5. The Kier molecular flexibility index (Phi) is 9.47. The number of piperidine rings is 1. The second-order valence-electron chi connectivity index (χ2n) is 16.0. The molecule has 2 saturated carbocycles. The van der Waals surface area contributed by atoms with Gasteiger partial charge in [-0.25, -0.2) is 27.7 Å². The first-order valence-electron chi connectivity index (χ1n) is 18.1. The molecule has 294 valence electrons. The van der Waals surface area contributed by atoms with Gasteiger partial charge in [-0.1, -0.05) is 5.16 Å². The quantitative estimate of drug-likeness (QED) is 0.323. The predicted molar refractivity (Wildman–Crippen MR) is 178 cm³/mol. The Labute approximate surface area is 306 Å². The van der Waals surface area contributed by atoms with Crippen LogP contribution in [0.3, 0.4) is 0 Å². The number of anilines is 1. The lowest BCUT2D eigenvalue weighted by molar-refractivity contribution is -0.183. The van der Waals surface area contributed by atoms with Crippen molar-refractivity contribution in [2.45, 2.75) is 108 Å². The molecule has 15 nitrogen and oxygen atoms in total. The maximum absolute atomic E-state index is 14.2. The minimum atomic E-state index is -4.51. The molecule has 0 bridgehead atoms. The van der Waals surface area contributed by atoms with Crippen molar-refractivity contribution in [2.24, 2.45) is 17.8 Å². The number of piperazine rings is 1. The van der Waals surface area contributed by atoms with Gasteiger partial charge in [-0.05, 0) is 70.9 Å². The molecule has 0 radical (unpaired) electrons. The fourth-order valence-electron chi connectivity index (χ4n) is 7.77. The van der Waals surface area contributed by atoms with Crippen LogP contribution in [0.1, 0.15) is 99.3 Å². The molecule has 2 aliphatic carbocycles. The number of fused-ring (bicyclic) bond motifs is 1. The zero-order valence-corrected chi connectivity index (χ0v) is 30.4. The second-order valence-corrected chi connectivity index (χ2v) is 16.0. The average Bonchev–Trinajstić information content (AvgIpc) is 3.48. The molecule has 0 unspecified atom stereocenters. The maximum Gasteiger partial charge on any atom is 0.410 e. The zero-order valence-electron chi connectivity index (χ0n) is 30.4. The van der Waals surface area contributed by atoms with Gasteiger partial charge in [-0.2, -0.15) is 23.3 Å². The van der Waals surface area contributed by atoms with Crippen LogP contribution in [0.4, 0.5) is 32.6 Å². The predicted octanol–water partition coefficient (Wildman–Crippen LogP) is 4.56. The summed E-state index contributed by atoms with van der Waals surface area (Å²) in [4.78, 5) is 52.7. The van der Waals surface area contributed by atoms with Gasteiger partial charge in [0.05, 0.1) is 29.4 Å². The molecular formula is C34H43F5N10O5. The first kappa shape index (κ1) is 37.7. The Morgan fingerprint density at radius 1 is 1.09 bits per heavy atom. The van der Waals surface area contributed by atoms with Crippen LogP contribution < -0.4 is 15.5 Å². The molecule has 3 aromatic heterocycles. The van der Waals surface area contributed by atoms with Gasteiger partial charge in [0.15, 0.2) is 11.5 Å². The number of nitrogens with zero attached hydrogens (tertiary/aromatic N) is 8. The van der Waals surface area contributed by atoms with Gasteiger partial charge in [0.25, 0.3) is 11.7 Å². The number of rotatable bonds is 7. The third-order valence-corrected chi connectivity index (χ3v) is 10.8. The number of hydrogen-bond donors (Lipinski definition) is 2. The minimum Gasteiger partial charge on any atom is -0.444 e. The molecule has 20 heteroatoms. The summed E-state index contributed by atoms with van der Waals surface area (Å²) in [6, 6.07) is -0.871. The van der Waals surface area contributed by atoms with Crippen molar-refractivity contribution in [3.63, 3.8) is 0 Å². The summed E-state index contributed by atoms with van der Waals surface area (Å²) >= 11 is 0. The summed E-state index contributed by atoms with van der Waals surface area (Å²) in [6.07, 6.45) is -3.26. The van der Waals surface area contributed by atoms with Gasteiger partial charge in [-0.3, -0.25) is 14.5 Å². The number of carbonyl (C=O) groups excluding carboxylic acids is 3. The Hall–Kier alpha value is -4.65. The standard InChI is InChI=1S/C34H43F5N10O5/c1-18-24(46-54-45-18)28(51)42-25(19-5-7-33(35,36)8-6-19)23-16-49-29(41-23)43-26(22(44-49)14-20-13-21(34(37,38)39)15-40-27(20)50)47-11-12-48(32(17-47)9-10-32)30(52)53-31(2,3)4/h16,19-21,25H,5-15,17H2,1-4H3,(H,40,50)(H,42,51)/t20-,21-,25+/m1/s1. The van der Waals surface area contributed by atoms with Crippen molar-refractivity contribution in [1.82, 2.24) is 45.4 Å². The van der Waals surface area contributed by atoms with E-state index in [1.54, 1.807) is 25.7 Å². The van der Waals surface area contributed by atoms with E-state index in [1.165, 1.54) is 17.6 Å². The SMILES string of the molecule is Cc1nonc1C(=O)N[C@H](c1cn2nc(C[C@H]3C[C@@H](C(F)(F)F)CNC3=O)c(N3CCN(C(=O)OC(C)(C)C)C4(CC4)C3)nc2n1)C1CCC(F)(F)CC1. The highest BCUT2D eigenvalue weighted by Gasteiger charge is 2.55. The Balaban J connectivity index is 1.25. The first-order chi connectivity index (χ1) is 25.3. The van der Waals surface area contributed by atoms with Crippen LogP contribution in [0.2, 0.25) is 0 Å². The zero-order chi connectivity index (χ0) is 38.8. The summed E-state index contributed by atoms with van der Waals surface area (Å²) in [5.74, 6) is -6.86. The molecule has 7 rings (SSSR count). The highest BCUT2D eigenvalue weighted by molar-refractivity contribution is 5.93. The number of aromatic nitrogens is 6. The molecular weight excluding hydrogens is 723 g/mol. The highest BCUT2D eigenvalue weighted by atomic mass is 19.4. The maximum atomic E-state index is 14.2. The molecule has 5 heterocycles. The van der Waals surface area contributed by atoms with Crippen LogP contribution >= 0.6 is 0 Å². The molecule has 0 aromatic carbocycles.